The van der Waals surface area contributed by atoms with Crippen LogP contribution in [0.4, 0.5) is 0 Å². The first-order valence-electron chi connectivity index (χ1n) is 13.2. The third kappa shape index (κ3) is 4.87. The molecule has 0 radical (unpaired) electrons. The van der Waals surface area contributed by atoms with E-state index >= 15 is 0 Å². The number of rotatable bonds is 9. The topological polar surface area (TPSA) is 149 Å². The van der Waals surface area contributed by atoms with E-state index in [9.17, 15) is 18.3 Å². The van der Waals surface area contributed by atoms with E-state index in [0.717, 1.165) is 37.7 Å². The number of benzene rings is 1. The summed E-state index contributed by atoms with van der Waals surface area (Å²) in [4.78, 5) is 21.0. The molecule has 3 aromatic rings. The molecule has 0 bridgehead atoms. The molecule has 3 heterocycles. The predicted octanol–water partition coefficient (Wildman–Crippen LogP) is 4.14. The number of hydrogen-bond donors (Lipinski definition) is 1. The van der Waals surface area contributed by atoms with Crippen molar-refractivity contribution in [2.75, 3.05) is 7.11 Å². The van der Waals surface area contributed by atoms with Gasteiger partial charge in [0.2, 0.25) is 0 Å². The zero-order chi connectivity index (χ0) is 28.7. The highest BCUT2D eigenvalue weighted by Gasteiger charge is 2.49. The fourth-order valence-corrected chi connectivity index (χ4v) is 7.09. The summed E-state index contributed by atoms with van der Waals surface area (Å²) in [5.41, 5.74) is -0.750. The van der Waals surface area contributed by atoms with Crippen molar-refractivity contribution in [2.45, 2.75) is 75.1 Å². The number of nitrogens with zero attached hydrogens (tertiary/aromatic N) is 5. The summed E-state index contributed by atoms with van der Waals surface area (Å²) in [6.45, 7) is 2.58. The number of hydrazone groups is 1. The molecule has 1 N–H and O–H groups in total. The fraction of sp³-hybridized carbons (Fsp3) is 0.481. The summed E-state index contributed by atoms with van der Waals surface area (Å²) in [6, 6.07) is 7.49. The minimum absolute atomic E-state index is 0.00855. The minimum atomic E-state index is -4.43. The standard InChI is InChI=1S/C27H33N5O7S/c1-27(2,26(33)34)32-30-19(22-25(40(32,35)36)31(3)23(29-22)24-28-14-15-38-24)16-21(39-17-10-6-5-7-11-17)18-12-8-9-13-20(18)37-4/h8-9,12-15,17,21H,5-7,10-11,16H2,1-4H3,(H,33,34)/t21-/m0/s1. The van der Waals surface area contributed by atoms with Crippen molar-refractivity contribution in [1.82, 2.24) is 18.9 Å². The molecule has 1 aliphatic carbocycles. The third-order valence-corrected chi connectivity index (χ3v) is 9.35. The molecule has 0 unspecified atom stereocenters. The van der Waals surface area contributed by atoms with Crippen LogP contribution in [0.2, 0.25) is 0 Å². The van der Waals surface area contributed by atoms with Crippen molar-refractivity contribution in [1.29, 1.82) is 0 Å². The van der Waals surface area contributed by atoms with Crippen molar-refractivity contribution in [3.05, 3.63) is 48.0 Å². The molecule has 13 heteroatoms. The van der Waals surface area contributed by atoms with E-state index in [1.165, 1.54) is 37.9 Å². The monoisotopic (exact) mass is 571 g/mol. The molecule has 1 saturated carbocycles. The Bertz CT molecular complexity index is 1520. The number of fused-ring (bicyclic) bond motifs is 1. The van der Waals surface area contributed by atoms with Gasteiger partial charge in [-0.05, 0) is 32.8 Å². The fourth-order valence-electron chi connectivity index (χ4n) is 5.20. The van der Waals surface area contributed by atoms with Gasteiger partial charge in [0.25, 0.3) is 15.9 Å². The van der Waals surface area contributed by atoms with Crippen molar-refractivity contribution in [3.63, 3.8) is 0 Å². The minimum Gasteiger partial charge on any atom is -0.496 e. The van der Waals surface area contributed by atoms with E-state index in [1.54, 1.807) is 7.11 Å². The number of aliphatic carboxylic acids is 1. The maximum absolute atomic E-state index is 13.9. The first kappa shape index (κ1) is 27.8. The van der Waals surface area contributed by atoms with Crippen LogP contribution in [0.3, 0.4) is 0 Å². The number of carboxylic acids is 1. The number of imidazole rings is 1. The average Bonchev–Trinajstić information content (AvgIpc) is 3.58. The second-order valence-corrected chi connectivity index (χ2v) is 12.2. The van der Waals surface area contributed by atoms with Crippen molar-refractivity contribution in [3.8, 4) is 17.5 Å². The highest BCUT2D eigenvalue weighted by molar-refractivity contribution is 7.89. The molecule has 0 amide bonds. The summed E-state index contributed by atoms with van der Waals surface area (Å²) in [6.07, 6.45) is 7.46. The Morgan fingerprint density at radius 2 is 1.95 bits per heavy atom. The maximum Gasteiger partial charge on any atom is 0.331 e. The Balaban J connectivity index is 1.66. The van der Waals surface area contributed by atoms with E-state index in [1.807, 2.05) is 24.3 Å². The predicted molar refractivity (Wildman–Crippen MR) is 144 cm³/mol. The number of ether oxygens (including phenoxy) is 2. The summed E-state index contributed by atoms with van der Waals surface area (Å²) in [7, 11) is -1.33. The molecular weight excluding hydrogens is 538 g/mol. The number of oxazole rings is 1. The normalized spacial score (nSPS) is 18.2. The van der Waals surface area contributed by atoms with Crippen molar-refractivity contribution in [2.24, 2.45) is 12.1 Å². The molecule has 5 rings (SSSR count). The highest BCUT2D eigenvalue weighted by atomic mass is 32.2. The molecular formula is C27H33N5O7S. The molecule has 40 heavy (non-hydrogen) atoms. The highest BCUT2D eigenvalue weighted by Crippen LogP contribution is 2.39. The van der Waals surface area contributed by atoms with E-state index < -0.39 is 27.6 Å². The van der Waals surface area contributed by atoms with Crippen LogP contribution in [-0.4, -0.2) is 62.9 Å². The van der Waals surface area contributed by atoms with Crippen LogP contribution in [0.1, 0.15) is 69.7 Å². The summed E-state index contributed by atoms with van der Waals surface area (Å²) in [5, 5.41) is 14.2. The molecule has 1 fully saturated rings. The number of carboxylic acid groups (broad SMARTS) is 1. The second-order valence-electron chi connectivity index (χ2n) is 10.5. The lowest BCUT2D eigenvalue weighted by atomic mass is 9.96. The lowest BCUT2D eigenvalue weighted by Crippen LogP contribution is -2.52. The number of hydrogen-bond acceptors (Lipinski definition) is 9. The van der Waals surface area contributed by atoms with Gasteiger partial charge in [0, 0.05) is 19.0 Å². The molecule has 1 atom stereocenters. The number of sulfonamides is 1. The Kier molecular flexibility index (Phi) is 7.44. The first-order chi connectivity index (χ1) is 19.1. The molecule has 1 aromatic carbocycles. The Morgan fingerprint density at radius 3 is 2.60 bits per heavy atom. The quantitative estimate of drug-likeness (QED) is 0.400. The van der Waals surface area contributed by atoms with Gasteiger partial charge in [0.05, 0.1) is 31.2 Å². The van der Waals surface area contributed by atoms with Crippen LogP contribution >= 0.6 is 0 Å². The smallest absolute Gasteiger partial charge is 0.331 e. The van der Waals surface area contributed by atoms with Crippen LogP contribution in [-0.2, 0) is 26.6 Å². The zero-order valence-corrected chi connectivity index (χ0v) is 23.7. The number of carbonyl (C=O) groups is 1. The van der Waals surface area contributed by atoms with Gasteiger partial charge < -0.3 is 23.6 Å². The van der Waals surface area contributed by atoms with E-state index in [0.29, 0.717) is 10.2 Å². The van der Waals surface area contributed by atoms with Crippen molar-refractivity contribution < 1.29 is 32.2 Å². The van der Waals surface area contributed by atoms with Gasteiger partial charge in [-0.3, -0.25) is 0 Å². The van der Waals surface area contributed by atoms with Crippen LogP contribution in [0.25, 0.3) is 11.7 Å². The largest absolute Gasteiger partial charge is 0.496 e. The summed E-state index contributed by atoms with van der Waals surface area (Å²) >= 11 is 0. The Labute approximate surface area is 232 Å². The molecule has 2 aliphatic rings. The van der Waals surface area contributed by atoms with Gasteiger partial charge in [0.1, 0.15) is 17.7 Å². The zero-order valence-electron chi connectivity index (χ0n) is 22.9. The lowest BCUT2D eigenvalue weighted by Gasteiger charge is -2.35. The molecule has 214 valence electrons. The van der Waals surface area contributed by atoms with E-state index in [-0.39, 0.29) is 40.7 Å². The van der Waals surface area contributed by atoms with Gasteiger partial charge >= 0.3 is 5.97 Å². The summed E-state index contributed by atoms with van der Waals surface area (Å²) in [5.74, 6) is -0.437. The van der Waals surface area contributed by atoms with E-state index in [4.69, 9.17) is 13.9 Å². The SMILES string of the molecule is COc1ccccc1[C@H](CC1=NN(C(C)(C)C(=O)O)S(=O)(=O)c2c1nc(-c1ncco1)n2C)OC1CCCCC1. The maximum atomic E-state index is 13.9. The molecule has 0 saturated heterocycles. The van der Waals surface area contributed by atoms with E-state index in [2.05, 4.69) is 15.1 Å². The number of para-hydroxylation sites is 1. The second kappa shape index (κ2) is 10.7. The molecule has 12 nitrogen and oxygen atoms in total. The molecule has 1 aliphatic heterocycles. The Hall–Kier alpha value is -3.71. The first-order valence-corrected chi connectivity index (χ1v) is 14.6. The lowest BCUT2D eigenvalue weighted by molar-refractivity contribution is -0.146. The number of methoxy groups -OCH3 is 1. The Morgan fingerprint density at radius 1 is 1.23 bits per heavy atom. The van der Waals surface area contributed by atoms with Crippen LogP contribution < -0.4 is 4.74 Å². The van der Waals surface area contributed by atoms with Crippen LogP contribution in [0.5, 0.6) is 5.75 Å². The van der Waals surface area contributed by atoms with Gasteiger partial charge in [-0.15, -0.1) is 0 Å². The number of aromatic nitrogens is 3. The average molecular weight is 572 g/mol. The van der Waals surface area contributed by atoms with Gasteiger partial charge in [0.15, 0.2) is 16.4 Å². The molecule has 2 aromatic heterocycles. The molecule has 0 spiro atoms. The van der Waals surface area contributed by atoms with Gasteiger partial charge in [-0.1, -0.05) is 37.5 Å². The van der Waals surface area contributed by atoms with Crippen LogP contribution in [0.15, 0.2) is 51.3 Å². The van der Waals surface area contributed by atoms with Gasteiger partial charge in [-0.2, -0.15) is 17.9 Å². The van der Waals surface area contributed by atoms with Gasteiger partial charge in [-0.25, -0.2) is 14.8 Å². The third-order valence-electron chi connectivity index (χ3n) is 7.40. The van der Waals surface area contributed by atoms with Crippen LogP contribution in [0, 0.1) is 0 Å². The summed E-state index contributed by atoms with van der Waals surface area (Å²) < 4.78 is 47.5. The van der Waals surface area contributed by atoms with Crippen molar-refractivity contribution >= 4 is 21.7 Å².